The summed E-state index contributed by atoms with van der Waals surface area (Å²) in [5, 5.41) is 18.6. The van der Waals surface area contributed by atoms with Crippen molar-refractivity contribution in [2.45, 2.75) is 25.7 Å². The van der Waals surface area contributed by atoms with Gasteiger partial charge in [0.2, 0.25) is 5.91 Å². The van der Waals surface area contributed by atoms with E-state index in [0.29, 0.717) is 5.69 Å². The van der Waals surface area contributed by atoms with E-state index < -0.39 is 0 Å². The molecule has 0 bridgehead atoms. The number of nitriles is 1. The topological polar surface area (TPSA) is 81.6 Å². The number of carbonyl (C=O) groups excluding carboxylic acids is 1. The Hall–Kier alpha value is -2.61. The lowest BCUT2D eigenvalue weighted by molar-refractivity contribution is -0.115. The summed E-state index contributed by atoms with van der Waals surface area (Å²) in [5.74, 6) is -0.291. The molecule has 5 nitrogen and oxygen atoms in total. The Morgan fingerprint density at radius 3 is 2.90 bits per heavy atom. The SMILES string of the molecule is N#CCC(=O)Nc1ccc(-c2n[nH]c3c2CCC3)cc1. The first-order chi connectivity index (χ1) is 9.78. The fraction of sp³-hybridized carbons (Fsp3) is 0.267. The van der Waals surface area contributed by atoms with E-state index in [-0.39, 0.29) is 12.3 Å². The normalized spacial score (nSPS) is 12.8. The Morgan fingerprint density at radius 1 is 1.35 bits per heavy atom. The van der Waals surface area contributed by atoms with Gasteiger partial charge >= 0.3 is 0 Å². The number of nitrogens with one attached hydrogen (secondary N) is 2. The fourth-order valence-electron chi connectivity index (χ4n) is 2.55. The van der Waals surface area contributed by atoms with Gasteiger partial charge in [0.15, 0.2) is 0 Å². The van der Waals surface area contributed by atoms with Gasteiger partial charge in [-0.05, 0) is 31.4 Å². The van der Waals surface area contributed by atoms with E-state index in [1.807, 2.05) is 30.3 Å². The number of anilines is 1. The number of hydrogen-bond donors (Lipinski definition) is 2. The molecular formula is C15H14N4O. The van der Waals surface area contributed by atoms with E-state index in [9.17, 15) is 4.79 Å². The highest BCUT2D eigenvalue weighted by Gasteiger charge is 2.19. The first kappa shape index (κ1) is 12.4. The molecular weight excluding hydrogens is 252 g/mol. The molecule has 20 heavy (non-hydrogen) atoms. The number of benzene rings is 1. The number of amides is 1. The predicted octanol–water partition coefficient (Wildman–Crippen LogP) is 2.42. The van der Waals surface area contributed by atoms with Crippen LogP contribution in [0.2, 0.25) is 0 Å². The highest BCUT2D eigenvalue weighted by molar-refractivity contribution is 5.92. The Bertz CT molecular complexity index is 679. The van der Waals surface area contributed by atoms with Crippen molar-refractivity contribution in [1.82, 2.24) is 10.2 Å². The number of aromatic nitrogens is 2. The highest BCUT2D eigenvalue weighted by atomic mass is 16.1. The zero-order chi connectivity index (χ0) is 13.9. The van der Waals surface area contributed by atoms with Crippen molar-refractivity contribution in [3.8, 4) is 17.3 Å². The summed E-state index contributed by atoms with van der Waals surface area (Å²) in [6, 6.07) is 9.37. The van der Waals surface area contributed by atoms with Gasteiger partial charge in [-0.3, -0.25) is 9.89 Å². The Morgan fingerprint density at radius 2 is 2.15 bits per heavy atom. The van der Waals surface area contributed by atoms with Gasteiger partial charge in [-0.1, -0.05) is 12.1 Å². The highest BCUT2D eigenvalue weighted by Crippen LogP contribution is 2.30. The lowest BCUT2D eigenvalue weighted by atomic mass is 10.1. The van der Waals surface area contributed by atoms with Crippen LogP contribution < -0.4 is 5.32 Å². The van der Waals surface area contributed by atoms with Crippen LogP contribution in [0, 0.1) is 11.3 Å². The number of nitrogens with zero attached hydrogens (tertiary/aromatic N) is 2. The summed E-state index contributed by atoms with van der Waals surface area (Å²) in [6.45, 7) is 0. The molecule has 1 aromatic carbocycles. The molecule has 2 aromatic rings. The third kappa shape index (κ3) is 2.28. The number of aryl methyl sites for hydroxylation is 1. The molecule has 0 fully saturated rings. The summed E-state index contributed by atoms with van der Waals surface area (Å²) < 4.78 is 0. The third-order valence-corrected chi connectivity index (χ3v) is 3.49. The van der Waals surface area contributed by atoms with Crippen LogP contribution in [0.3, 0.4) is 0 Å². The molecule has 0 spiro atoms. The number of rotatable bonds is 3. The summed E-state index contributed by atoms with van der Waals surface area (Å²) in [4.78, 5) is 11.3. The van der Waals surface area contributed by atoms with Crippen molar-refractivity contribution < 1.29 is 4.79 Å². The van der Waals surface area contributed by atoms with Gasteiger partial charge < -0.3 is 5.32 Å². The van der Waals surface area contributed by atoms with Crippen molar-refractivity contribution >= 4 is 11.6 Å². The second kappa shape index (κ2) is 5.17. The average molecular weight is 266 g/mol. The molecule has 1 heterocycles. The van der Waals surface area contributed by atoms with Crippen LogP contribution in [-0.2, 0) is 17.6 Å². The van der Waals surface area contributed by atoms with Gasteiger partial charge in [0, 0.05) is 22.5 Å². The molecule has 0 aliphatic heterocycles. The van der Waals surface area contributed by atoms with Crippen LogP contribution >= 0.6 is 0 Å². The monoisotopic (exact) mass is 266 g/mol. The van der Waals surface area contributed by atoms with Crippen LogP contribution in [0.4, 0.5) is 5.69 Å². The van der Waals surface area contributed by atoms with E-state index in [1.54, 1.807) is 0 Å². The number of carbonyl (C=O) groups is 1. The van der Waals surface area contributed by atoms with Crippen molar-refractivity contribution in [2.75, 3.05) is 5.32 Å². The zero-order valence-electron chi connectivity index (χ0n) is 10.9. The van der Waals surface area contributed by atoms with Crippen LogP contribution in [-0.4, -0.2) is 16.1 Å². The van der Waals surface area contributed by atoms with Gasteiger partial charge in [0.05, 0.1) is 11.8 Å². The summed E-state index contributed by atoms with van der Waals surface area (Å²) in [5.41, 5.74) is 5.30. The number of H-pyrrole nitrogens is 1. The molecule has 5 heteroatoms. The molecule has 1 aliphatic rings. The van der Waals surface area contributed by atoms with Gasteiger partial charge in [0.25, 0.3) is 0 Å². The molecule has 1 aromatic heterocycles. The van der Waals surface area contributed by atoms with Gasteiger partial charge in [-0.2, -0.15) is 10.4 Å². The molecule has 0 atom stereocenters. The number of hydrogen-bond acceptors (Lipinski definition) is 3. The zero-order valence-corrected chi connectivity index (χ0v) is 10.9. The smallest absolute Gasteiger partial charge is 0.238 e. The van der Waals surface area contributed by atoms with Gasteiger partial charge in [0.1, 0.15) is 6.42 Å². The number of aromatic amines is 1. The van der Waals surface area contributed by atoms with E-state index >= 15 is 0 Å². The van der Waals surface area contributed by atoms with E-state index in [0.717, 1.165) is 24.1 Å². The maximum absolute atomic E-state index is 11.3. The lowest BCUT2D eigenvalue weighted by Gasteiger charge is -2.04. The largest absolute Gasteiger partial charge is 0.325 e. The average Bonchev–Trinajstić information content (AvgIpc) is 3.02. The third-order valence-electron chi connectivity index (χ3n) is 3.49. The van der Waals surface area contributed by atoms with E-state index in [2.05, 4.69) is 15.5 Å². The maximum Gasteiger partial charge on any atom is 0.238 e. The van der Waals surface area contributed by atoms with Crippen molar-refractivity contribution in [1.29, 1.82) is 5.26 Å². The van der Waals surface area contributed by atoms with Crippen LogP contribution in [0.15, 0.2) is 24.3 Å². The molecule has 3 rings (SSSR count). The van der Waals surface area contributed by atoms with Gasteiger partial charge in [-0.15, -0.1) is 0 Å². The first-order valence-electron chi connectivity index (χ1n) is 6.61. The van der Waals surface area contributed by atoms with Crippen molar-refractivity contribution in [3.05, 3.63) is 35.5 Å². The molecule has 0 radical (unpaired) electrons. The summed E-state index contributed by atoms with van der Waals surface area (Å²) in [6.07, 6.45) is 3.19. The second-order valence-electron chi connectivity index (χ2n) is 4.84. The fourth-order valence-corrected chi connectivity index (χ4v) is 2.55. The minimum absolute atomic E-state index is 0.130. The standard InChI is InChI=1S/C15H14N4O/c16-9-8-14(20)17-11-6-4-10(5-7-11)15-12-2-1-3-13(12)18-19-15/h4-7H,1-3,8H2,(H,17,20)(H,18,19). The maximum atomic E-state index is 11.3. The second-order valence-corrected chi connectivity index (χ2v) is 4.84. The van der Waals surface area contributed by atoms with E-state index in [1.165, 1.54) is 17.7 Å². The minimum atomic E-state index is -0.291. The van der Waals surface area contributed by atoms with Crippen LogP contribution in [0.25, 0.3) is 11.3 Å². The molecule has 1 amide bonds. The quantitative estimate of drug-likeness (QED) is 0.895. The number of fused-ring (bicyclic) bond motifs is 1. The minimum Gasteiger partial charge on any atom is -0.325 e. The van der Waals surface area contributed by atoms with Crippen molar-refractivity contribution in [3.63, 3.8) is 0 Å². The molecule has 0 saturated carbocycles. The van der Waals surface area contributed by atoms with Gasteiger partial charge in [-0.25, -0.2) is 0 Å². The predicted molar refractivity (Wildman–Crippen MR) is 74.9 cm³/mol. The van der Waals surface area contributed by atoms with Crippen LogP contribution in [0.1, 0.15) is 24.1 Å². The van der Waals surface area contributed by atoms with Crippen LogP contribution in [0.5, 0.6) is 0 Å². The van der Waals surface area contributed by atoms with E-state index in [4.69, 9.17) is 5.26 Å². The molecule has 0 unspecified atom stereocenters. The lowest BCUT2D eigenvalue weighted by Crippen LogP contribution is -2.09. The molecule has 100 valence electrons. The Kier molecular flexibility index (Phi) is 3.21. The summed E-state index contributed by atoms with van der Waals surface area (Å²) in [7, 11) is 0. The first-order valence-corrected chi connectivity index (χ1v) is 6.61. The Balaban J connectivity index is 1.79. The molecule has 1 aliphatic carbocycles. The molecule has 2 N–H and O–H groups in total. The molecule has 0 saturated heterocycles. The Labute approximate surface area is 116 Å². The van der Waals surface area contributed by atoms with Crippen molar-refractivity contribution in [2.24, 2.45) is 0 Å². The summed E-state index contributed by atoms with van der Waals surface area (Å²) >= 11 is 0.